The lowest BCUT2D eigenvalue weighted by molar-refractivity contribution is -0.167. The zero-order chi connectivity index (χ0) is 59.9. The molecule has 83 heavy (non-hydrogen) atoms. The van der Waals surface area contributed by atoms with Crippen molar-refractivity contribution in [3.05, 3.63) is 60.8 Å². The van der Waals surface area contributed by atoms with Crippen molar-refractivity contribution < 1.29 is 28.6 Å². The summed E-state index contributed by atoms with van der Waals surface area (Å²) in [7, 11) is 0. The number of carbonyl (C=O) groups excluding carboxylic acids is 3. The van der Waals surface area contributed by atoms with E-state index >= 15 is 0 Å². The highest BCUT2D eigenvalue weighted by Crippen LogP contribution is 2.18. The molecule has 0 aromatic carbocycles. The Morgan fingerprint density at radius 3 is 0.699 bits per heavy atom. The molecular weight excluding hydrogens is 1020 g/mol. The van der Waals surface area contributed by atoms with Crippen LogP contribution in [0.25, 0.3) is 0 Å². The second kappa shape index (κ2) is 71.6. The number of rotatable bonds is 68. The molecule has 6 heteroatoms. The van der Waals surface area contributed by atoms with Gasteiger partial charge in [0.15, 0.2) is 6.10 Å². The van der Waals surface area contributed by atoms with E-state index in [4.69, 9.17) is 14.2 Å². The number of allylic oxidation sites excluding steroid dienone is 10. The van der Waals surface area contributed by atoms with Gasteiger partial charge in [-0.1, -0.05) is 345 Å². The van der Waals surface area contributed by atoms with Crippen molar-refractivity contribution in [2.24, 2.45) is 0 Å². The lowest BCUT2D eigenvalue weighted by atomic mass is 10.0. The minimum absolute atomic E-state index is 0.0736. The van der Waals surface area contributed by atoms with E-state index in [9.17, 15) is 14.4 Å². The zero-order valence-corrected chi connectivity index (χ0v) is 55.7. The number of ether oxygens (including phenoxy) is 3. The van der Waals surface area contributed by atoms with E-state index in [0.717, 1.165) is 77.0 Å². The molecule has 0 rings (SSSR count). The van der Waals surface area contributed by atoms with Gasteiger partial charge in [0.1, 0.15) is 13.2 Å². The Hall–Kier alpha value is -2.89. The summed E-state index contributed by atoms with van der Waals surface area (Å²) in [4.78, 5) is 38.5. The highest BCUT2D eigenvalue weighted by molar-refractivity contribution is 5.71. The first-order valence-electron chi connectivity index (χ1n) is 36.8. The first kappa shape index (κ1) is 80.1. The van der Waals surface area contributed by atoms with Crippen LogP contribution in [0, 0.1) is 0 Å². The molecule has 0 aliphatic heterocycles. The summed E-state index contributed by atoms with van der Waals surface area (Å²) in [6.07, 6.45) is 92.4. The van der Waals surface area contributed by atoms with Crippen molar-refractivity contribution >= 4 is 17.9 Å². The van der Waals surface area contributed by atoms with Gasteiger partial charge in [-0.25, -0.2) is 0 Å². The van der Waals surface area contributed by atoms with E-state index in [1.807, 2.05) is 0 Å². The molecule has 0 spiro atoms. The maximum absolute atomic E-state index is 13.0. The van der Waals surface area contributed by atoms with Gasteiger partial charge in [-0.2, -0.15) is 0 Å². The molecule has 0 N–H and O–H groups in total. The molecule has 484 valence electrons. The summed E-state index contributed by atoms with van der Waals surface area (Å²) in [6, 6.07) is 0. The van der Waals surface area contributed by atoms with Crippen molar-refractivity contribution in [2.45, 2.75) is 399 Å². The van der Waals surface area contributed by atoms with Gasteiger partial charge in [0.05, 0.1) is 0 Å². The topological polar surface area (TPSA) is 78.9 Å². The smallest absolute Gasteiger partial charge is 0.306 e. The van der Waals surface area contributed by atoms with Crippen LogP contribution in [0.4, 0.5) is 0 Å². The third kappa shape index (κ3) is 69.8. The molecule has 6 nitrogen and oxygen atoms in total. The van der Waals surface area contributed by atoms with Gasteiger partial charge < -0.3 is 14.2 Å². The highest BCUT2D eigenvalue weighted by atomic mass is 16.6. The molecule has 1 unspecified atom stereocenters. The molecule has 1 atom stereocenters. The summed E-state index contributed by atoms with van der Waals surface area (Å²) in [5, 5.41) is 0. The molecule has 0 aromatic heterocycles. The summed E-state index contributed by atoms with van der Waals surface area (Å²) < 4.78 is 17.0. The highest BCUT2D eigenvalue weighted by Gasteiger charge is 2.19. The van der Waals surface area contributed by atoms with Gasteiger partial charge in [0.25, 0.3) is 0 Å². The molecule has 0 aromatic rings. The van der Waals surface area contributed by atoms with Crippen molar-refractivity contribution in [1.29, 1.82) is 0 Å². The lowest BCUT2D eigenvalue weighted by Crippen LogP contribution is -2.30. The van der Waals surface area contributed by atoms with Crippen LogP contribution in [0.1, 0.15) is 393 Å². The number of carbonyl (C=O) groups is 3. The van der Waals surface area contributed by atoms with Crippen LogP contribution in [-0.2, 0) is 28.6 Å². The summed E-state index contributed by atoms with van der Waals surface area (Å²) in [6.45, 7) is 6.67. The van der Waals surface area contributed by atoms with Gasteiger partial charge in [0.2, 0.25) is 0 Å². The van der Waals surface area contributed by atoms with Crippen molar-refractivity contribution in [1.82, 2.24) is 0 Å². The van der Waals surface area contributed by atoms with Gasteiger partial charge in [-0.15, -0.1) is 0 Å². The summed E-state index contributed by atoms with van der Waals surface area (Å²) in [5.74, 6) is -0.853. The minimum Gasteiger partial charge on any atom is -0.462 e. The Balaban J connectivity index is 4.33. The largest absolute Gasteiger partial charge is 0.462 e. The molecule has 0 amide bonds. The third-order valence-electron chi connectivity index (χ3n) is 16.5. The quantitative estimate of drug-likeness (QED) is 0.0261. The fraction of sp³-hybridized carbons (Fsp3) is 0.831. The van der Waals surface area contributed by atoms with E-state index in [1.165, 1.54) is 276 Å². The van der Waals surface area contributed by atoms with Gasteiger partial charge in [-0.3, -0.25) is 14.4 Å². The Labute approximate surface area is 517 Å². The van der Waals surface area contributed by atoms with Crippen LogP contribution >= 0.6 is 0 Å². The van der Waals surface area contributed by atoms with Crippen LogP contribution in [0.3, 0.4) is 0 Å². The third-order valence-corrected chi connectivity index (χ3v) is 16.5. The van der Waals surface area contributed by atoms with Crippen molar-refractivity contribution in [3.63, 3.8) is 0 Å². The first-order chi connectivity index (χ1) is 41.0. The maximum atomic E-state index is 13.0. The molecule has 0 heterocycles. The molecule has 0 aliphatic carbocycles. The lowest BCUT2D eigenvalue weighted by Gasteiger charge is -2.18. The molecule has 0 saturated heterocycles. The van der Waals surface area contributed by atoms with Crippen molar-refractivity contribution in [2.75, 3.05) is 13.2 Å². The Morgan fingerprint density at radius 1 is 0.241 bits per heavy atom. The predicted molar refractivity (Wildman–Crippen MR) is 362 cm³/mol. The van der Waals surface area contributed by atoms with Crippen molar-refractivity contribution in [3.8, 4) is 0 Å². The second-order valence-electron chi connectivity index (χ2n) is 24.9. The van der Waals surface area contributed by atoms with Crippen LogP contribution in [0.15, 0.2) is 60.8 Å². The molecule has 0 fully saturated rings. The van der Waals surface area contributed by atoms with E-state index in [-0.39, 0.29) is 31.1 Å². The van der Waals surface area contributed by atoms with Gasteiger partial charge in [0, 0.05) is 19.3 Å². The first-order valence-corrected chi connectivity index (χ1v) is 36.8. The van der Waals surface area contributed by atoms with Gasteiger partial charge in [-0.05, 0) is 89.9 Å². The summed E-state index contributed by atoms with van der Waals surface area (Å²) >= 11 is 0. The molecule has 0 radical (unpaired) electrons. The monoisotopic (exact) mass is 1160 g/mol. The molecular formula is C77H140O6. The van der Waals surface area contributed by atoms with E-state index in [1.54, 1.807) is 0 Å². The fourth-order valence-corrected chi connectivity index (χ4v) is 11.0. The zero-order valence-electron chi connectivity index (χ0n) is 55.7. The minimum atomic E-state index is -0.778. The van der Waals surface area contributed by atoms with Crippen LogP contribution in [0.5, 0.6) is 0 Å². The standard InChI is InChI=1S/C77H140O6/c1-4-7-10-13-16-19-22-25-28-31-34-36-37-38-39-41-43-46-49-52-55-58-61-64-67-70-76(79)82-73-74(72-81-75(78)69-66-63-60-57-54-51-48-45-42-33-30-27-24-21-18-15-12-9-6-3)83-77(80)71-68-65-62-59-56-53-50-47-44-40-35-32-29-26-23-20-17-14-11-8-5-2/h18,21-22,25,27,30-31,34,37-38,74H,4-17,19-20,23-24,26,28-29,32-33,35-36,39-73H2,1-3H3/b21-18-,25-22-,30-27-,34-31-,38-37-. The number of esters is 3. The average molecular weight is 1160 g/mol. The number of unbranched alkanes of at least 4 members (excludes halogenated alkanes) is 47. The normalized spacial score (nSPS) is 12.4. The fourth-order valence-electron chi connectivity index (χ4n) is 11.0. The van der Waals surface area contributed by atoms with E-state index in [0.29, 0.717) is 19.3 Å². The maximum Gasteiger partial charge on any atom is 0.306 e. The van der Waals surface area contributed by atoms with Crippen LogP contribution in [-0.4, -0.2) is 37.2 Å². The Kier molecular flexibility index (Phi) is 69.1. The Bertz CT molecular complexity index is 1470. The molecule has 0 aliphatic rings. The van der Waals surface area contributed by atoms with E-state index in [2.05, 4.69) is 81.5 Å². The number of hydrogen-bond donors (Lipinski definition) is 0. The SMILES string of the molecule is CCCCC/C=C\C/C=C\CCCCCCCCCCCC(=O)OCC(COC(=O)CCCCCCCCCCCC/C=C\C/C=C\C/C=C\CCCCCCC)OC(=O)CCCCCCCCCCCCCCCCCCCCCCC. The second-order valence-corrected chi connectivity index (χ2v) is 24.9. The van der Waals surface area contributed by atoms with Crippen LogP contribution < -0.4 is 0 Å². The average Bonchev–Trinajstić information content (AvgIpc) is 3.49. The van der Waals surface area contributed by atoms with E-state index < -0.39 is 6.10 Å². The van der Waals surface area contributed by atoms with Gasteiger partial charge >= 0.3 is 17.9 Å². The summed E-state index contributed by atoms with van der Waals surface area (Å²) in [5.41, 5.74) is 0. The number of hydrogen-bond acceptors (Lipinski definition) is 6. The van der Waals surface area contributed by atoms with Crippen LogP contribution in [0.2, 0.25) is 0 Å². The Morgan fingerprint density at radius 2 is 0.434 bits per heavy atom. The molecule has 0 saturated carbocycles. The molecule has 0 bridgehead atoms. The predicted octanol–water partition coefficient (Wildman–Crippen LogP) is 25.5.